The van der Waals surface area contributed by atoms with Gasteiger partial charge in [0.25, 0.3) is 0 Å². The number of carbonyl (C=O) groups excluding carboxylic acids is 2. The molecule has 1 aromatic rings. The number of cyclic esters (lactones) is 2. The summed E-state index contributed by atoms with van der Waals surface area (Å²) >= 11 is 1.23. The van der Waals surface area contributed by atoms with E-state index < -0.39 is 11.9 Å². The third-order valence-electron chi connectivity index (χ3n) is 1.61. The summed E-state index contributed by atoms with van der Waals surface area (Å²) in [4.78, 5) is 23.0. The van der Waals surface area contributed by atoms with E-state index in [0.717, 1.165) is 4.90 Å². The third-order valence-corrected chi connectivity index (χ3v) is 2.63. The van der Waals surface area contributed by atoms with E-state index in [0.29, 0.717) is 4.91 Å². The first-order chi connectivity index (χ1) is 6.75. The Bertz CT molecular complexity index is 409. The molecule has 0 fully saturated rings. The highest BCUT2D eigenvalue weighted by Crippen LogP contribution is 2.29. The van der Waals surface area contributed by atoms with E-state index in [9.17, 15) is 9.59 Å². The smallest absolute Gasteiger partial charge is 0.353 e. The summed E-state index contributed by atoms with van der Waals surface area (Å²) in [7, 11) is 0. The first kappa shape index (κ1) is 9.02. The molecule has 1 aliphatic rings. The van der Waals surface area contributed by atoms with Crippen LogP contribution in [0.15, 0.2) is 46.2 Å². The molecule has 3 nitrogen and oxygen atoms in total. The summed E-state index contributed by atoms with van der Waals surface area (Å²) in [6.07, 6.45) is 1.21. The second kappa shape index (κ2) is 3.67. The van der Waals surface area contributed by atoms with Gasteiger partial charge in [-0.1, -0.05) is 30.0 Å². The highest BCUT2D eigenvalue weighted by molar-refractivity contribution is 8.04. The number of benzene rings is 1. The monoisotopic (exact) mass is 206 g/mol. The molecule has 0 radical (unpaired) electrons. The lowest BCUT2D eigenvalue weighted by atomic mass is 10.4. The lowest BCUT2D eigenvalue weighted by Gasteiger charge is -1.97. The topological polar surface area (TPSA) is 43.4 Å². The Labute approximate surface area is 84.8 Å². The fourth-order valence-electron chi connectivity index (χ4n) is 1.02. The quantitative estimate of drug-likeness (QED) is 0.546. The zero-order chi connectivity index (χ0) is 9.97. The van der Waals surface area contributed by atoms with E-state index in [1.54, 1.807) is 0 Å². The Balaban J connectivity index is 2.16. The Kier molecular flexibility index (Phi) is 2.37. The van der Waals surface area contributed by atoms with Gasteiger partial charge in [-0.15, -0.1) is 0 Å². The van der Waals surface area contributed by atoms with Crippen LogP contribution in [0.3, 0.4) is 0 Å². The summed E-state index contributed by atoms with van der Waals surface area (Å²) in [6.45, 7) is 0. The molecule has 0 atom stereocenters. The van der Waals surface area contributed by atoms with Crippen LogP contribution in [0, 0.1) is 0 Å². The van der Waals surface area contributed by atoms with E-state index in [-0.39, 0.29) is 0 Å². The van der Waals surface area contributed by atoms with Crippen molar-refractivity contribution in [3.05, 3.63) is 41.3 Å². The molecule has 0 aliphatic carbocycles. The van der Waals surface area contributed by atoms with Gasteiger partial charge < -0.3 is 4.74 Å². The normalized spacial score (nSPS) is 15.3. The SMILES string of the molecule is O=C1C=C(Sc2ccccc2)C(=O)O1. The lowest BCUT2D eigenvalue weighted by Crippen LogP contribution is -1.99. The molecule has 1 heterocycles. The molecule has 0 amide bonds. The van der Waals surface area contributed by atoms with Gasteiger partial charge in [-0.2, -0.15) is 0 Å². The largest absolute Gasteiger partial charge is 0.386 e. The maximum absolute atomic E-state index is 11.1. The maximum Gasteiger partial charge on any atom is 0.353 e. The van der Waals surface area contributed by atoms with Gasteiger partial charge >= 0.3 is 11.9 Å². The van der Waals surface area contributed by atoms with E-state index in [4.69, 9.17) is 0 Å². The molecular weight excluding hydrogens is 200 g/mol. The van der Waals surface area contributed by atoms with Gasteiger partial charge in [-0.25, -0.2) is 9.59 Å². The third kappa shape index (κ3) is 1.85. The van der Waals surface area contributed by atoms with Crippen LogP contribution in [-0.2, 0) is 14.3 Å². The maximum atomic E-state index is 11.1. The van der Waals surface area contributed by atoms with Crippen molar-refractivity contribution < 1.29 is 14.3 Å². The highest BCUT2D eigenvalue weighted by Gasteiger charge is 2.24. The van der Waals surface area contributed by atoms with Gasteiger partial charge in [0.1, 0.15) is 4.91 Å². The molecule has 0 aromatic heterocycles. The average molecular weight is 206 g/mol. The van der Waals surface area contributed by atoms with Gasteiger partial charge in [0, 0.05) is 11.0 Å². The number of ether oxygens (including phenoxy) is 1. The number of esters is 2. The molecule has 0 bridgehead atoms. The van der Waals surface area contributed by atoms with Crippen molar-refractivity contribution in [3.8, 4) is 0 Å². The van der Waals surface area contributed by atoms with Crippen LogP contribution in [0.4, 0.5) is 0 Å². The van der Waals surface area contributed by atoms with E-state index in [1.807, 2.05) is 30.3 Å². The Morgan fingerprint density at radius 1 is 1.07 bits per heavy atom. The molecule has 4 heteroatoms. The van der Waals surface area contributed by atoms with Gasteiger partial charge in [0.05, 0.1) is 0 Å². The Morgan fingerprint density at radius 2 is 1.79 bits per heavy atom. The van der Waals surface area contributed by atoms with Crippen LogP contribution in [0.2, 0.25) is 0 Å². The molecule has 2 rings (SSSR count). The van der Waals surface area contributed by atoms with Crippen molar-refractivity contribution >= 4 is 23.7 Å². The number of carbonyl (C=O) groups is 2. The number of hydrogen-bond acceptors (Lipinski definition) is 4. The molecule has 1 aromatic carbocycles. The van der Waals surface area contributed by atoms with Crippen molar-refractivity contribution in [1.29, 1.82) is 0 Å². The molecular formula is C10H6O3S. The van der Waals surface area contributed by atoms with Crippen molar-refractivity contribution in [2.24, 2.45) is 0 Å². The van der Waals surface area contributed by atoms with Crippen LogP contribution < -0.4 is 0 Å². The fraction of sp³-hybridized carbons (Fsp3) is 0. The summed E-state index contributed by atoms with van der Waals surface area (Å²) in [5, 5.41) is 0. The molecule has 1 aliphatic heterocycles. The molecule has 0 saturated heterocycles. The van der Waals surface area contributed by atoms with E-state index in [2.05, 4.69) is 4.74 Å². The number of hydrogen-bond donors (Lipinski definition) is 0. The van der Waals surface area contributed by atoms with Crippen LogP contribution in [0.25, 0.3) is 0 Å². The zero-order valence-corrected chi connectivity index (χ0v) is 7.91. The average Bonchev–Trinajstić information content (AvgIpc) is 2.47. The summed E-state index contributed by atoms with van der Waals surface area (Å²) in [5.41, 5.74) is 0. The molecule has 0 spiro atoms. The van der Waals surface area contributed by atoms with Crippen molar-refractivity contribution in [1.82, 2.24) is 0 Å². The van der Waals surface area contributed by atoms with Gasteiger partial charge in [0.15, 0.2) is 0 Å². The molecule has 0 saturated carbocycles. The van der Waals surface area contributed by atoms with Crippen molar-refractivity contribution in [3.63, 3.8) is 0 Å². The summed E-state index contributed by atoms with van der Waals surface area (Å²) in [6, 6.07) is 9.34. The standard InChI is InChI=1S/C10H6O3S/c11-9-6-8(10(12)13-9)14-7-4-2-1-3-5-7/h1-6H. The van der Waals surface area contributed by atoms with Gasteiger partial charge in [-0.05, 0) is 12.1 Å². The molecule has 0 N–H and O–H groups in total. The second-order valence-electron chi connectivity index (χ2n) is 2.63. The van der Waals surface area contributed by atoms with Crippen LogP contribution in [-0.4, -0.2) is 11.9 Å². The molecule has 14 heavy (non-hydrogen) atoms. The van der Waals surface area contributed by atoms with E-state index in [1.165, 1.54) is 17.8 Å². The lowest BCUT2D eigenvalue weighted by molar-refractivity contribution is -0.150. The number of rotatable bonds is 2. The highest BCUT2D eigenvalue weighted by atomic mass is 32.2. The first-order valence-corrected chi connectivity index (χ1v) is 4.78. The minimum absolute atomic E-state index is 0.334. The second-order valence-corrected chi connectivity index (χ2v) is 3.75. The number of thioether (sulfide) groups is 1. The van der Waals surface area contributed by atoms with Gasteiger partial charge in [0.2, 0.25) is 0 Å². The minimum Gasteiger partial charge on any atom is -0.386 e. The predicted octanol–water partition coefficient (Wildman–Crippen LogP) is 1.75. The first-order valence-electron chi connectivity index (χ1n) is 3.96. The minimum atomic E-state index is -0.589. The zero-order valence-electron chi connectivity index (χ0n) is 7.10. The van der Waals surface area contributed by atoms with Gasteiger partial charge in [-0.3, -0.25) is 0 Å². The molecule has 70 valence electrons. The summed E-state index contributed by atoms with van der Waals surface area (Å²) < 4.78 is 4.35. The van der Waals surface area contributed by atoms with Crippen LogP contribution >= 0.6 is 11.8 Å². The van der Waals surface area contributed by atoms with Crippen molar-refractivity contribution in [2.75, 3.05) is 0 Å². The van der Waals surface area contributed by atoms with Crippen LogP contribution in [0.5, 0.6) is 0 Å². The van der Waals surface area contributed by atoms with E-state index >= 15 is 0 Å². The van der Waals surface area contributed by atoms with Crippen LogP contribution in [0.1, 0.15) is 0 Å². The Morgan fingerprint density at radius 3 is 2.36 bits per heavy atom. The fourth-order valence-corrected chi connectivity index (χ4v) is 1.85. The summed E-state index contributed by atoms with van der Waals surface area (Å²) in [5.74, 6) is -1.16. The Hall–Kier alpha value is -1.55. The molecule has 0 unspecified atom stereocenters. The predicted molar refractivity (Wildman–Crippen MR) is 51.5 cm³/mol. The van der Waals surface area contributed by atoms with Crippen molar-refractivity contribution in [2.45, 2.75) is 4.90 Å².